The van der Waals surface area contributed by atoms with Crippen LogP contribution in [0.4, 0.5) is 5.69 Å². The molecule has 1 aromatic rings. The van der Waals surface area contributed by atoms with Crippen molar-refractivity contribution < 1.29 is 9.59 Å². The van der Waals surface area contributed by atoms with Crippen LogP contribution in [0, 0.1) is 0 Å². The number of hydrogen-bond acceptors (Lipinski definition) is 4. The van der Waals surface area contributed by atoms with Crippen LogP contribution in [0.5, 0.6) is 0 Å². The van der Waals surface area contributed by atoms with Crippen molar-refractivity contribution in [2.75, 3.05) is 18.5 Å². The van der Waals surface area contributed by atoms with Gasteiger partial charge in [-0.25, -0.2) is 0 Å². The Balaban J connectivity index is 2.39. The Bertz CT molecular complexity index is 586. The van der Waals surface area contributed by atoms with E-state index in [-0.39, 0.29) is 24.4 Å². The monoisotopic (exact) mass is 353 g/mol. The lowest BCUT2D eigenvalue weighted by Crippen LogP contribution is -2.64. The number of halogens is 1. The molecule has 0 saturated carbocycles. The molecule has 0 bridgehead atoms. The van der Waals surface area contributed by atoms with E-state index in [1.807, 2.05) is 44.0 Å². The quantitative estimate of drug-likeness (QED) is 0.815. The fourth-order valence-corrected chi connectivity index (χ4v) is 3.10. The smallest absolute Gasteiger partial charge is 0.251 e. The van der Waals surface area contributed by atoms with Crippen LogP contribution in [0.15, 0.2) is 22.7 Å². The van der Waals surface area contributed by atoms with E-state index < -0.39 is 5.54 Å². The van der Waals surface area contributed by atoms with Crippen LogP contribution in [0.1, 0.15) is 32.4 Å². The standard InChI is InChI=1S/C15H20BrN3O2/c1-9(17-4)11-6-5-10(7-12(11)16)19-8-13(20)18-14(21)15(19,2)3/h5-7,9,17H,8H2,1-4H3,(H,18,20,21). The van der Waals surface area contributed by atoms with Gasteiger partial charge in [0, 0.05) is 16.2 Å². The van der Waals surface area contributed by atoms with Crippen LogP contribution >= 0.6 is 15.9 Å². The minimum absolute atomic E-state index is 0.173. The second kappa shape index (κ2) is 5.77. The van der Waals surface area contributed by atoms with Gasteiger partial charge >= 0.3 is 0 Å². The molecule has 2 N–H and O–H groups in total. The first-order chi connectivity index (χ1) is 9.77. The first kappa shape index (κ1) is 16.0. The topological polar surface area (TPSA) is 61.4 Å². The molecular weight excluding hydrogens is 334 g/mol. The summed E-state index contributed by atoms with van der Waals surface area (Å²) in [6.07, 6.45) is 0. The van der Waals surface area contributed by atoms with E-state index in [4.69, 9.17) is 0 Å². The van der Waals surface area contributed by atoms with Gasteiger partial charge in [0.25, 0.3) is 5.91 Å². The van der Waals surface area contributed by atoms with Crippen LogP contribution in [0.2, 0.25) is 0 Å². The molecule has 0 aromatic heterocycles. The Labute approximate surface area is 133 Å². The van der Waals surface area contributed by atoms with Crippen LogP contribution < -0.4 is 15.5 Å². The molecule has 6 heteroatoms. The number of rotatable bonds is 3. The van der Waals surface area contributed by atoms with Crippen molar-refractivity contribution >= 4 is 33.4 Å². The van der Waals surface area contributed by atoms with Crippen LogP contribution in [-0.2, 0) is 9.59 Å². The number of hydrogen-bond donors (Lipinski definition) is 2. The van der Waals surface area contributed by atoms with Crippen LogP contribution in [-0.4, -0.2) is 30.9 Å². The van der Waals surface area contributed by atoms with Gasteiger partial charge < -0.3 is 10.2 Å². The van der Waals surface area contributed by atoms with Gasteiger partial charge in [0.15, 0.2) is 0 Å². The molecule has 1 aliphatic heterocycles. The third-order valence-corrected chi connectivity index (χ3v) is 4.67. The van der Waals surface area contributed by atoms with Gasteiger partial charge in [-0.1, -0.05) is 22.0 Å². The number of imide groups is 1. The number of anilines is 1. The highest BCUT2D eigenvalue weighted by atomic mass is 79.9. The fraction of sp³-hybridized carbons (Fsp3) is 0.467. The molecule has 0 aliphatic carbocycles. The number of amides is 2. The van der Waals surface area contributed by atoms with E-state index in [0.29, 0.717) is 0 Å². The maximum Gasteiger partial charge on any atom is 0.251 e. The summed E-state index contributed by atoms with van der Waals surface area (Å²) in [5.41, 5.74) is 1.22. The molecule has 2 amide bonds. The number of nitrogens with zero attached hydrogens (tertiary/aromatic N) is 1. The second-order valence-corrected chi connectivity index (χ2v) is 6.59. The van der Waals surface area contributed by atoms with Crippen LogP contribution in [0.25, 0.3) is 0 Å². The third kappa shape index (κ3) is 2.96. The Hall–Kier alpha value is -1.40. The summed E-state index contributed by atoms with van der Waals surface area (Å²) in [6.45, 7) is 5.87. The predicted molar refractivity (Wildman–Crippen MR) is 86.2 cm³/mol. The Morgan fingerprint density at radius 2 is 2.05 bits per heavy atom. The van der Waals surface area contributed by atoms with Crippen molar-refractivity contribution in [1.82, 2.24) is 10.6 Å². The first-order valence-corrected chi connectivity index (χ1v) is 7.65. The molecular formula is C15H20BrN3O2. The SMILES string of the molecule is CNC(C)c1ccc(N2CC(=O)NC(=O)C2(C)C)cc1Br. The van der Waals surface area contributed by atoms with Gasteiger partial charge in [0.2, 0.25) is 5.91 Å². The molecule has 1 aromatic carbocycles. The lowest BCUT2D eigenvalue weighted by molar-refractivity contribution is -0.135. The largest absolute Gasteiger partial charge is 0.348 e. The van der Waals surface area contributed by atoms with Crippen molar-refractivity contribution in [2.24, 2.45) is 0 Å². The zero-order valence-corrected chi connectivity index (χ0v) is 14.2. The highest BCUT2D eigenvalue weighted by molar-refractivity contribution is 9.10. The highest BCUT2D eigenvalue weighted by Crippen LogP contribution is 2.32. The lowest BCUT2D eigenvalue weighted by atomic mass is 9.97. The summed E-state index contributed by atoms with van der Waals surface area (Å²) in [4.78, 5) is 25.5. The fourth-order valence-electron chi connectivity index (χ4n) is 2.39. The maximum atomic E-state index is 12.0. The lowest BCUT2D eigenvalue weighted by Gasteiger charge is -2.42. The van der Waals surface area contributed by atoms with Gasteiger partial charge in [-0.2, -0.15) is 0 Å². The molecule has 21 heavy (non-hydrogen) atoms. The minimum atomic E-state index is -0.760. The number of carbonyl (C=O) groups is 2. The molecule has 114 valence electrons. The highest BCUT2D eigenvalue weighted by Gasteiger charge is 2.41. The van der Waals surface area contributed by atoms with Crippen molar-refractivity contribution in [3.8, 4) is 0 Å². The van der Waals surface area contributed by atoms with E-state index in [2.05, 4.69) is 33.5 Å². The molecule has 0 spiro atoms. The summed E-state index contributed by atoms with van der Waals surface area (Å²) in [6, 6.07) is 6.12. The zero-order chi connectivity index (χ0) is 15.8. The average molecular weight is 354 g/mol. The number of piperazine rings is 1. The van der Waals surface area contributed by atoms with Crippen molar-refractivity contribution in [2.45, 2.75) is 32.4 Å². The van der Waals surface area contributed by atoms with Gasteiger partial charge in [-0.15, -0.1) is 0 Å². The molecule has 1 fully saturated rings. The average Bonchev–Trinajstić information content (AvgIpc) is 2.42. The number of nitrogens with one attached hydrogen (secondary N) is 2. The third-order valence-electron chi connectivity index (χ3n) is 3.98. The molecule has 1 atom stereocenters. The molecule has 5 nitrogen and oxygen atoms in total. The normalized spacial score (nSPS) is 19.4. The Morgan fingerprint density at radius 1 is 1.38 bits per heavy atom. The van der Waals surface area contributed by atoms with E-state index in [1.165, 1.54) is 0 Å². The van der Waals surface area contributed by atoms with Crippen molar-refractivity contribution in [3.05, 3.63) is 28.2 Å². The van der Waals surface area contributed by atoms with Crippen molar-refractivity contribution in [1.29, 1.82) is 0 Å². The van der Waals surface area contributed by atoms with Gasteiger partial charge in [-0.3, -0.25) is 14.9 Å². The predicted octanol–water partition coefficient (Wildman–Crippen LogP) is 1.97. The van der Waals surface area contributed by atoms with E-state index in [0.717, 1.165) is 15.7 Å². The van der Waals surface area contributed by atoms with Crippen LogP contribution in [0.3, 0.4) is 0 Å². The Morgan fingerprint density at radius 3 is 2.62 bits per heavy atom. The molecule has 1 saturated heterocycles. The summed E-state index contributed by atoms with van der Waals surface area (Å²) in [7, 11) is 1.90. The Kier molecular flexibility index (Phi) is 4.39. The molecule has 0 radical (unpaired) electrons. The summed E-state index contributed by atoms with van der Waals surface area (Å²) in [5, 5.41) is 5.57. The minimum Gasteiger partial charge on any atom is -0.348 e. The summed E-state index contributed by atoms with van der Waals surface area (Å²) in [5.74, 6) is -0.550. The summed E-state index contributed by atoms with van der Waals surface area (Å²) < 4.78 is 0.955. The van der Waals surface area contributed by atoms with Crippen molar-refractivity contribution in [3.63, 3.8) is 0 Å². The second-order valence-electron chi connectivity index (χ2n) is 5.74. The molecule has 2 rings (SSSR count). The molecule has 1 heterocycles. The van der Waals surface area contributed by atoms with Gasteiger partial charge in [0.1, 0.15) is 5.54 Å². The van der Waals surface area contributed by atoms with E-state index in [9.17, 15) is 9.59 Å². The number of carbonyl (C=O) groups excluding carboxylic acids is 2. The number of benzene rings is 1. The molecule has 1 aliphatic rings. The zero-order valence-electron chi connectivity index (χ0n) is 12.7. The van der Waals surface area contributed by atoms with E-state index >= 15 is 0 Å². The van der Waals surface area contributed by atoms with E-state index in [1.54, 1.807) is 0 Å². The maximum absolute atomic E-state index is 12.0. The summed E-state index contributed by atoms with van der Waals surface area (Å²) >= 11 is 3.57. The first-order valence-electron chi connectivity index (χ1n) is 6.86. The van der Waals surface area contributed by atoms with Gasteiger partial charge in [0.05, 0.1) is 6.54 Å². The molecule has 1 unspecified atom stereocenters. The van der Waals surface area contributed by atoms with Gasteiger partial charge in [-0.05, 0) is 45.5 Å².